The Bertz CT molecular complexity index is 846. The van der Waals surface area contributed by atoms with Gasteiger partial charge in [-0.05, 0) is 17.7 Å². The summed E-state index contributed by atoms with van der Waals surface area (Å²) in [6.45, 7) is 2.03. The number of hydrogen-bond acceptors (Lipinski definition) is 8. The van der Waals surface area contributed by atoms with Crippen molar-refractivity contribution in [3.8, 4) is 17.0 Å². The van der Waals surface area contributed by atoms with Crippen molar-refractivity contribution in [2.24, 2.45) is 0 Å². The SMILES string of the molecule is Nc1ncc(-c2cc(N3CC(N4CCOCC4)C3)nc(Cl)n2)cc1OC(F)F. The Balaban J connectivity index is 1.52. The zero-order valence-corrected chi connectivity index (χ0v) is 15.6. The van der Waals surface area contributed by atoms with Crippen LogP contribution < -0.4 is 15.4 Å². The number of halogens is 3. The van der Waals surface area contributed by atoms with Gasteiger partial charge in [-0.25, -0.2) is 15.0 Å². The van der Waals surface area contributed by atoms with E-state index in [1.807, 2.05) is 0 Å². The maximum absolute atomic E-state index is 12.5. The van der Waals surface area contributed by atoms with Gasteiger partial charge in [-0.1, -0.05) is 0 Å². The molecule has 0 amide bonds. The molecule has 2 N–H and O–H groups in total. The average Bonchev–Trinajstić information content (AvgIpc) is 2.62. The fraction of sp³-hybridized carbons (Fsp3) is 0.471. The van der Waals surface area contributed by atoms with Crippen LogP contribution in [0.5, 0.6) is 5.75 Å². The van der Waals surface area contributed by atoms with E-state index in [1.54, 1.807) is 6.07 Å². The molecule has 0 radical (unpaired) electrons. The van der Waals surface area contributed by atoms with Crippen molar-refractivity contribution in [3.63, 3.8) is 0 Å². The number of hydrogen-bond donors (Lipinski definition) is 1. The molecule has 0 unspecified atom stereocenters. The van der Waals surface area contributed by atoms with Gasteiger partial charge in [0.15, 0.2) is 11.6 Å². The highest BCUT2D eigenvalue weighted by Crippen LogP contribution is 2.31. The third kappa shape index (κ3) is 4.08. The van der Waals surface area contributed by atoms with E-state index < -0.39 is 6.61 Å². The summed E-state index contributed by atoms with van der Waals surface area (Å²) >= 11 is 6.09. The normalized spacial score (nSPS) is 18.4. The zero-order valence-electron chi connectivity index (χ0n) is 14.9. The fourth-order valence-electron chi connectivity index (χ4n) is 3.32. The summed E-state index contributed by atoms with van der Waals surface area (Å²) in [6, 6.07) is 3.56. The summed E-state index contributed by atoms with van der Waals surface area (Å²) in [7, 11) is 0. The molecule has 2 aromatic heterocycles. The number of ether oxygens (including phenoxy) is 2. The van der Waals surface area contributed by atoms with Crippen molar-refractivity contribution in [1.82, 2.24) is 19.9 Å². The molecule has 8 nitrogen and oxygen atoms in total. The Morgan fingerprint density at radius 3 is 2.68 bits per heavy atom. The number of aromatic nitrogens is 3. The summed E-state index contributed by atoms with van der Waals surface area (Å²) in [6.07, 6.45) is 1.43. The summed E-state index contributed by atoms with van der Waals surface area (Å²) in [5.74, 6) is 0.341. The summed E-state index contributed by atoms with van der Waals surface area (Å²) in [4.78, 5) is 16.9. The fourth-order valence-corrected chi connectivity index (χ4v) is 3.49. The molecule has 0 aliphatic carbocycles. The van der Waals surface area contributed by atoms with Crippen molar-refractivity contribution in [2.45, 2.75) is 12.7 Å². The summed E-state index contributed by atoms with van der Waals surface area (Å²) < 4.78 is 34.9. The Hall–Kier alpha value is -2.30. The minimum absolute atomic E-state index is 0.0653. The molecular weight excluding hydrogens is 394 g/mol. The van der Waals surface area contributed by atoms with Gasteiger partial charge in [0.05, 0.1) is 18.9 Å². The van der Waals surface area contributed by atoms with E-state index in [4.69, 9.17) is 22.1 Å². The number of morpholine rings is 1. The molecule has 0 atom stereocenters. The van der Waals surface area contributed by atoms with E-state index in [-0.39, 0.29) is 16.9 Å². The van der Waals surface area contributed by atoms with E-state index in [9.17, 15) is 8.78 Å². The average molecular weight is 413 g/mol. The van der Waals surface area contributed by atoms with Crippen LogP contribution in [0.1, 0.15) is 0 Å². The van der Waals surface area contributed by atoms with Crippen LogP contribution in [-0.2, 0) is 4.74 Å². The predicted octanol–water partition coefficient (Wildman–Crippen LogP) is 1.90. The molecule has 2 aliphatic rings. The molecule has 0 saturated carbocycles. The Labute approximate surface area is 165 Å². The standard InChI is InChI=1S/C17H19ClF2N6O2/c18-16-23-12(10-5-13(28-17(19)20)15(21)22-7-10)6-14(24-16)26-8-11(9-26)25-1-3-27-4-2-25/h5-7,11,17H,1-4,8-9H2,(H2,21,22). The molecule has 2 aromatic rings. The molecule has 0 bridgehead atoms. The van der Waals surface area contributed by atoms with Crippen LogP contribution in [0.25, 0.3) is 11.3 Å². The van der Waals surface area contributed by atoms with Crippen LogP contribution in [0, 0.1) is 0 Å². The smallest absolute Gasteiger partial charge is 0.387 e. The first kappa shape index (κ1) is 19.0. The molecular formula is C17H19ClF2N6O2. The third-order valence-corrected chi connectivity index (χ3v) is 5.00. The quantitative estimate of drug-likeness (QED) is 0.745. The second-order valence-electron chi connectivity index (χ2n) is 6.57. The molecule has 28 heavy (non-hydrogen) atoms. The largest absolute Gasteiger partial charge is 0.431 e. The number of nitrogens with two attached hydrogens (primary N) is 1. The van der Waals surface area contributed by atoms with E-state index in [0.717, 1.165) is 39.4 Å². The van der Waals surface area contributed by atoms with Crippen molar-refractivity contribution < 1.29 is 18.3 Å². The van der Waals surface area contributed by atoms with Crippen LogP contribution in [0.4, 0.5) is 20.4 Å². The van der Waals surface area contributed by atoms with Crippen molar-refractivity contribution in [3.05, 3.63) is 23.6 Å². The second kappa shape index (κ2) is 7.98. The molecule has 2 saturated heterocycles. The number of anilines is 2. The summed E-state index contributed by atoms with van der Waals surface area (Å²) in [5, 5.41) is 0.0653. The highest BCUT2D eigenvalue weighted by molar-refractivity contribution is 6.28. The van der Waals surface area contributed by atoms with Crippen LogP contribution >= 0.6 is 11.6 Å². The van der Waals surface area contributed by atoms with E-state index in [2.05, 4.69) is 29.5 Å². The monoisotopic (exact) mass is 412 g/mol. The Kier molecular flexibility index (Phi) is 5.42. The van der Waals surface area contributed by atoms with Crippen LogP contribution in [0.3, 0.4) is 0 Å². The number of nitrogen functional groups attached to an aromatic ring is 1. The van der Waals surface area contributed by atoms with Crippen molar-refractivity contribution in [2.75, 3.05) is 50.0 Å². The lowest BCUT2D eigenvalue weighted by Crippen LogP contribution is -2.61. The number of nitrogens with zero attached hydrogens (tertiary/aromatic N) is 5. The molecule has 2 aliphatic heterocycles. The van der Waals surface area contributed by atoms with E-state index >= 15 is 0 Å². The van der Waals surface area contributed by atoms with Gasteiger partial charge >= 0.3 is 6.61 Å². The lowest BCUT2D eigenvalue weighted by Gasteiger charge is -2.47. The number of rotatable bonds is 5. The highest BCUT2D eigenvalue weighted by Gasteiger charge is 2.33. The van der Waals surface area contributed by atoms with E-state index in [1.165, 1.54) is 12.3 Å². The van der Waals surface area contributed by atoms with Gasteiger partial charge in [-0.2, -0.15) is 8.78 Å². The maximum Gasteiger partial charge on any atom is 0.387 e. The van der Waals surface area contributed by atoms with Gasteiger partial charge in [0, 0.05) is 50.0 Å². The van der Waals surface area contributed by atoms with Crippen LogP contribution in [0.15, 0.2) is 18.3 Å². The third-order valence-electron chi connectivity index (χ3n) is 4.83. The molecule has 0 aromatic carbocycles. The minimum Gasteiger partial charge on any atom is -0.431 e. The zero-order chi connectivity index (χ0) is 19.7. The van der Waals surface area contributed by atoms with Crippen molar-refractivity contribution >= 4 is 23.2 Å². The molecule has 4 rings (SSSR count). The van der Waals surface area contributed by atoms with Crippen LogP contribution in [-0.4, -0.2) is 71.9 Å². The number of pyridine rings is 1. The highest BCUT2D eigenvalue weighted by atomic mass is 35.5. The Morgan fingerprint density at radius 1 is 1.21 bits per heavy atom. The molecule has 4 heterocycles. The minimum atomic E-state index is -3.00. The first-order chi connectivity index (χ1) is 13.5. The lowest BCUT2D eigenvalue weighted by molar-refractivity contribution is -0.0494. The first-order valence-electron chi connectivity index (χ1n) is 8.81. The van der Waals surface area contributed by atoms with Crippen molar-refractivity contribution in [1.29, 1.82) is 0 Å². The molecule has 11 heteroatoms. The van der Waals surface area contributed by atoms with Gasteiger partial charge in [0.1, 0.15) is 5.82 Å². The first-order valence-corrected chi connectivity index (χ1v) is 9.19. The van der Waals surface area contributed by atoms with Crippen LogP contribution in [0.2, 0.25) is 5.28 Å². The van der Waals surface area contributed by atoms with Gasteiger partial charge in [-0.15, -0.1) is 0 Å². The molecule has 0 spiro atoms. The predicted molar refractivity (Wildman–Crippen MR) is 99.7 cm³/mol. The number of alkyl halides is 2. The second-order valence-corrected chi connectivity index (χ2v) is 6.91. The Morgan fingerprint density at radius 2 is 1.96 bits per heavy atom. The maximum atomic E-state index is 12.5. The topological polar surface area (TPSA) is 89.6 Å². The van der Waals surface area contributed by atoms with Gasteiger partial charge < -0.3 is 20.1 Å². The molecule has 2 fully saturated rings. The molecule has 150 valence electrons. The van der Waals surface area contributed by atoms with Gasteiger partial charge in [0.2, 0.25) is 5.28 Å². The van der Waals surface area contributed by atoms with Gasteiger partial charge in [0.25, 0.3) is 0 Å². The lowest BCUT2D eigenvalue weighted by atomic mass is 10.1. The van der Waals surface area contributed by atoms with E-state index in [0.29, 0.717) is 23.1 Å². The van der Waals surface area contributed by atoms with Gasteiger partial charge in [-0.3, -0.25) is 4.90 Å². The summed E-state index contributed by atoms with van der Waals surface area (Å²) in [5.41, 5.74) is 6.50.